The van der Waals surface area contributed by atoms with E-state index in [4.69, 9.17) is 16.3 Å². The van der Waals surface area contributed by atoms with Crippen LogP contribution in [0.4, 0.5) is 0 Å². The van der Waals surface area contributed by atoms with Crippen LogP contribution in [-0.4, -0.2) is 37.1 Å². The van der Waals surface area contributed by atoms with Crippen LogP contribution in [0.1, 0.15) is 23.5 Å². The van der Waals surface area contributed by atoms with Gasteiger partial charge in [-0.25, -0.2) is 0 Å². The van der Waals surface area contributed by atoms with Crippen LogP contribution in [0.3, 0.4) is 0 Å². The van der Waals surface area contributed by atoms with Gasteiger partial charge in [0.2, 0.25) is 5.91 Å². The van der Waals surface area contributed by atoms with E-state index >= 15 is 0 Å². The van der Waals surface area contributed by atoms with Gasteiger partial charge in [-0.2, -0.15) is 0 Å². The summed E-state index contributed by atoms with van der Waals surface area (Å²) in [5, 5.41) is 0.708. The van der Waals surface area contributed by atoms with E-state index in [1.807, 2.05) is 47.4 Å². The monoisotopic (exact) mass is 329 g/mol. The number of carbonyl (C=O) groups excluding carboxylic acids is 1. The summed E-state index contributed by atoms with van der Waals surface area (Å²) in [6.07, 6.45) is 0.464. The van der Waals surface area contributed by atoms with E-state index in [0.29, 0.717) is 37.7 Å². The van der Waals surface area contributed by atoms with Crippen LogP contribution < -0.4 is 0 Å². The Morgan fingerprint density at radius 2 is 1.61 bits per heavy atom. The number of nitrogens with zero attached hydrogens (tertiary/aromatic N) is 1. The van der Waals surface area contributed by atoms with Gasteiger partial charge in [0.1, 0.15) is 0 Å². The average molecular weight is 330 g/mol. The maximum atomic E-state index is 12.7. The van der Waals surface area contributed by atoms with Crippen molar-refractivity contribution in [3.63, 3.8) is 0 Å². The Bertz CT molecular complexity index is 636. The molecule has 0 aromatic heterocycles. The normalized spacial score (nSPS) is 16.1. The molecule has 2 aromatic carbocycles. The molecule has 1 saturated heterocycles. The maximum absolute atomic E-state index is 12.7. The van der Waals surface area contributed by atoms with Gasteiger partial charge in [0.05, 0.1) is 13.2 Å². The smallest absolute Gasteiger partial charge is 0.223 e. The lowest BCUT2D eigenvalue weighted by atomic mass is 9.88. The summed E-state index contributed by atoms with van der Waals surface area (Å²) in [7, 11) is 0. The summed E-state index contributed by atoms with van der Waals surface area (Å²) < 4.78 is 5.33. The van der Waals surface area contributed by atoms with Gasteiger partial charge in [0.25, 0.3) is 0 Å². The van der Waals surface area contributed by atoms with Gasteiger partial charge in [-0.1, -0.05) is 54.1 Å². The van der Waals surface area contributed by atoms with Crippen LogP contribution in [0, 0.1) is 0 Å². The Morgan fingerprint density at radius 3 is 2.26 bits per heavy atom. The zero-order valence-electron chi connectivity index (χ0n) is 13.0. The Morgan fingerprint density at radius 1 is 1.00 bits per heavy atom. The molecule has 23 heavy (non-hydrogen) atoms. The number of morpholine rings is 1. The van der Waals surface area contributed by atoms with Gasteiger partial charge in [0, 0.05) is 30.5 Å². The van der Waals surface area contributed by atoms with Gasteiger partial charge < -0.3 is 9.64 Å². The summed E-state index contributed by atoms with van der Waals surface area (Å²) in [5.41, 5.74) is 2.26. The van der Waals surface area contributed by atoms with E-state index in [2.05, 4.69) is 12.1 Å². The molecule has 3 nitrogen and oxygen atoms in total. The fraction of sp³-hybridized carbons (Fsp3) is 0.316. The van der Waals surface area contributed by atoms with Crippen molar-refractivity contribution in [1.82, 2.24) is 4.90 Å². The van der Waals surface area contributed by atoms with Gasteiger partial charge in [0.15, 0.2) is 0 Å². The lowest BCUT2D eigenvalue weighted by molar-refractivity contribution is -0.135. The maximum Gasteiger partial charge on any atom is 0.223 e. The standard InChI is InChI=1S/C19H20ClNO2/c20-17-8-6-16(7-9-17)18(15-4-2-1-3-5-15)14-19(22)21-10-12-23-13-11-21/h1-9,18H,10-14H2/t18-/m0/s1. The molecule has 1 atom stereocenters. The molecule has 2 aromatic rings. The summed E-state index contributed by atoms with van der Waals surface area (Å²) in [4.78, 5) is 14.6. The molecular weight excluding hydrogens is 310 g/mol. The third kappa shape index (κ3) is 4.12. The zero-order chi connectivity index (χ0) is 16.1. The Hall–Kier alpha value is -1.84. The molecule has 0 aliphatic carbocycles. The van der Waals surface area contributed by atoms with Gasteiger partial charge in [-0.05, 0) is 23.3 Å². The molecule has 0 radical (unpaired) electrons. The number of benzene rings is 2. The predicted molar refractivity (Wildman–Crippen MR) is 91.8 cm³/mol. The first-order valence-corrected chi connectivity index (χ1v) is 8.28. The fourth-order valence-electron chi connectivity index (χ4n) is 2.93. The van der Waals surface area contributed by atoms with Gasteiger partial charge >= 0.3 is 0 Å². The minimum atomic E-state index is 0.0452. The largest absolute Gasteiger partial charge is 0.378 e. The Kier molecular flexibility index (Phi) is 5.31. The van der Waals surface area contributed by atoms with Crippen molar-refractivity contribution in [3.8, 4) is 0 Å². The number of ether oxygens (including phenoxy) is 1. The molecule has 4 heteroatoms. The highest BCUT2D eigenvalue weighted by Crippen LogP contribution is 2.29. The zero-order valence-corrected chi connectivity index (χ0v) is 13.7. The number of rotatable bonds is 4. The SMILES string of the molecule is O=C(C[C@@H](c1ccccc1)c1ccc(Cl)cc1)N1CCOCC1. The molecule has 0 bridgehead atoms. The minimum absolute atomic E-state index is 0.0452. The highest BCUT2D eigenvalue weighted by atomic mass is 35.5. The molecule has 0 N–H and O–H groups in total. The molecule has 3 rings (SSSR count). The van der Waals surface area contributed by atoms with Crippen LogP contribution in [0.15, 0.2) is 54.6 Å². The Labute approximate surface area is 141 Å². The lowest BCUT2D eigenvalue weighted by Crippen LogP contribution is -2.41. The molecule has 1 heterocycles. The topological polar surface area (TPSA) is 29.5 Å². The van der Waals surface area contributed by atoms with Crippen molar-refractivity contribution in [1.29, 1.82) is 0 Å². The van der Waals surface area contributed by atoms with Crippen LogP contribution in [0.25, 0.3) is 0 Å². The number of halogens is 1. The van der Waals surface area contributed by atoms with Crippen molar-refractivity contribution in [2.24, 2.45) is 0 Å². The van der Waals surface area contributed by atoms with Crippen LogP contribution in [-0.2, 0) is 9.53 Å². The van der Waals surface area contributed by atoms with Crippen LogP contribution in [0.5, 0.6) is 0 Å². The van der Waals surface area contributed by atoms with E-state index in [9.17, 15) is 4.79 Å². The first-order valence-electron chi connectivity index (χ1n) is 7.90. The van der Waals surface area contributed by atoms with Gasteiger partial charge in [-0.15, -0.1) is 0 Å². The predicted octanol–water partition coefficient (Wildman–Crippen LogP) is 3.72. The molecule has 0 spiro atoms. The van der Waals surface area contributed by atoms with Crippen molar-refractivity contribution < 1.29 is 9.53 Å². The third-order valence-corrected chi connectivity index (χ3v) is 4.47. The first kappa shape index (κ1) is 16.0. The lowest BCUT2D eigenvalue weighted by Gasteiger charge is -2.29. The number of carbonyl (C=O) groups is 1. The van der Waals surface area contributed by atoms with E-state index in [1.54, 1.807) is 0 Å². The molecular formula is C19H20ClNO2. The highest BCUT2D eigenvalue weighted by molar-refractivity contribution is 6.30. The van der Waals surface area contributed by atoms with Crippen LogP contribution >= 0.6 is 11.6 Å². The van der Waals surface area contributed by atoms with Crippen molar-refractivity contribution in [2.45, 2.75) is 12.3 Å². The van der Waals surface area contributed by atoms with Crippen LogP contribution in [0.2, 0.25) is 5.02 Å². The second-order valence-electron chi connectivity index (χ2n) is 5.71. The second-order valence-corrected chi connectivity index (χ2v) is 6.15. The molecule has 120 valence electrons. The summed E-state index contributed by atoms with van der Waals surface area (Å²) in [6, 6.07) is 17.9. The molecule has 1 aliphatic rings. The summed E-state index contributed by atoms with van der Waals surface area (Å²) in [6.45, 7) is 2.62. The average Bonchev–Trinajstić information content (AvgIpc) is 2.62. The summed E-state index contributed by atoms with van der Waals surface area (Å²) in [5.74, 6) is 0.223. The van der Waals surface area contributed by atoms with E-state index in [0.717, 1.165) is 11.1 Å². The third-order valence-electron chi connectivity index (χ3n) is 4.22. The van der Waals surface area contributed by atoms with Gasteiger partial charge in [-0.3, -0.25) is 4.79 Å². The molecule has 1 fully saturated rings. The number of hydrogen-bond acceptors (Lipinski definition) is 2. The molecule has 1 amide bonds. The second kappa shape index (κ2) is 7.62. The molecule has 1 aliphatic heterocycles. The summed E-state index contributed by atoms with van der Waals surface area (Å²) >= 11 is 6.00. The molecule has 0 unspecified atom stereocenters. The fourth-order valence-corrected chi connectivity index (χ4v) is 3.05. The van der Waals surface area contributed by atoms with Crippen molar-refractivity contribution in [3.05, 3.63) is 70.7 Å². The number of hydrogen-bond donors (Lipinski definition) is 0. The van der Waals surface area contributed by atoms with Crippen molar-refractivity contribution >= 4 is 17.5 Å². The van der Waals surface area contributed by atoms with Crippen molar-refractivity contribution in [2.75, 3.05) is 26.3 Å². The quantitative estimate of drug-likeness (QED) is 0.855. The first-order chi connectivity index (χ1) is 11.2. The Balaban J connectivity index is 1.83. The van der Waals surface area contributed by atoms with E-state index < -0.39 is 0 Å². The molecule has 0 saturated carbocycles. The van der Waals surface area contributed by atoms with E-state index in [-0.39, 0.29) is 11.8 Å². The minimum Gasteiger partial charge on any atom is -0.378 e. The van der Waals surface area contributed by atoms with E-state index in [1.165, 1.54) is 0 Å². The highest BCUT2D eigenvalue weighted by Gasteiger charge is 2.23. The number of amides is 1.